The molecule has 31 heavy (non-hydrogen) atoms. The maximum atomic E-state index is 12.9. The van der Waals surface area contributed by atoms with E-state index in [0.29, 0.717) is 6.54 Å². The van der Waals surface area contributed by atoms with E-state index < -0.39 is 23.8 Å². The molecule has 0 bridgehead atoms. The number of fused-ring (bicyclic) bond motifs is 1. The largest absolute Gasteiger partial charge is 0.383 e. The highest BCUT2D eigenvalue weighted by atomic mass is 16.2. The molecule has 1 saturated heterocycles. The summed E-state index contributed by atoms with van der Waals surface area (Å²) in [6.07, 6.45) is 1.09. The van der Waals surface area contributed by atoms with E-state index in [1.165, 1.54) is 5.56 Å². The average Bonchev–Trinajstić information content (AvgIpc) is 3.02. The van der Waals surface area contributed by atoms with Gasteiger partial charge < -0.3 is 10.6 Å². The molecule has 2 aliphatic heterocycles. The van der Waals surface area contributed by atoms with Crippen LogP contribution in [0.15, 0.2) is 48.5 Å². The average molecular weight is 420 g/mol. The molecule has 0 spiro atoms. The van der Waals surface area contributed by atoms with Gasteiger partial charge in [0.1, 0.15) is 6.04 Å². The lowest BCUT2D eigenvalue weighted by Crippen LogP contribution is -2.54. The summed E-state index contributed by atoms with van der Waals surface area (Å²) in [5, 5.41) is 8.81. The Morgan fingerprint density at radius 2 is 1.77 bits per heavy atom. The molecule has 0 saturated carbocycles. The van der Waals surface area contributed by atoms with Gasteiger partial charge >= 0.3 is 0 Å². The standard InChI is InChI=1S/C23H24N4O4/c1-24-16(11-14-5-3-2-4-6-14)13-25-15-7-8-17-18(12-15)23(31)27(22(17)30)19-9-10-20(28)26-21(19)29/h2-8,12,16,19,24-25H,9-11,13H2,1H3,(H,26,28,29). The summed E-state index contributed by atoms with van der Waals surface area (Å²) in [5.74, 6) is -2.01. The van der Waals surface area contributed by atoms with Crippen LogP contribution in [0.1, 0.15) is 39.1 Å². The third kappa shape index (κ3) is 4.20. The predicted molar refractivity (Wildman–Crippen MR) is 115 cm³/mol. The van der Waals surface area contributed by atoms with Gasteiger partial charge in [0.05, 0.1) is 11.1 Å². The Morgan fingerprint density at radius 1 is 1.03 bits per heavy atom. The van der Waals surface area contributed by atoms with Gasteiger partial charge in [-0.2, -0.15) is 0 Å². The number of hydrogen-bond donors (Lipinski definition) is 3. The van der Waals surface area contributed by atoms with Crippen LogP contribution >= 0.6 is 0 Å². The predicted octanol–water partition coefficient (Wildman–Crippen LogP) is 1.33. The van der Waals surface area contributed by atoms with Crippen LogP contribution in [0.5, 0.6) is 0 Å². The van der Waals surface area contributed by atoms with E-state index in [9.17, 15) is 19.2 Å². The van der Waals surface area contributed by atoms with E-state index in [4.69, 9.17) is 0 Å². The molecule has 3 N–H and O–H groups in total. The van der Waals surface area contributed by atoms with Crippen molar-refractivity contribution in [2.24, 2.45) is 0 Å². The Bertz CT molecular complexity index is 1040. The molecule has 2 aromatic rings. The molecule has 1 fully saturated rings. The maximum absolute atomic E-state index is 12.9. The van der Waals surface area contributed by atoms with Crippen molar-refractivity contribution in [2.45, 2.75) is 31.3 Å². The first kappa shape index (κ1) is 20.7. The quantitative estimate of drug-likeness (QED) is 0.584. The number of likely N-dealkylation sites (N-methyl/N-ethyl adjacent to an activating group) is 1. The highest BCUT2D eigenvalue weighted by Gasteiger charge is 2.44. The third-order valence-corrected chi connectivity index (χ3v) is 5.73. The van der Waals surface area contributed by atoms with E-state index in [2.05, 4.69) is 28.1 Å². The number of amides is 4. The second-order valence-electron chi connectivity index (χ2n) is 7.76. The van der Waals surface area contributed by atoms with Crippen LogP contribution in [0.3, 0.4) is 0 Å². The van der Waals surface area contributed by atoms with E-state index in [-0.39, 0.29) is 35.9 Å². The Balaban J connectivity index is 1.45. The summed E-state index contributed by atoms with van der Waals surface area (Å²) in [6, 6.07) is 14.4. The van der Waals surface area contributed by atoms with Crippen molar-refractivity contribution >= 4 is 29.3 Å². The van der Waals surface area contributed by atoms with E-state index >= 15 is 0 Å². The number of carbonyl (C=O) groups excluding carboxylic acids is 4. The van der Waals surface area contributed by atoms with Gasteiger partial charge in [0.2, 0.25) is 11.8 Å². The highest BCUT2D eigenvalue weighted by Crippen LogP contribution is 2.29. The SMILES string of the molecule is CNC(CNc1ccc2c(c1)C(=O)N(C1CCC(=O)NC1=O)C2=O)Cc1ccccc1. The second kappa shape index (κ2) is 8.69. The molecule has 2 unspecified atom stereocenters. The minimum atomic E-state index is -0.957. The van der Waals surface area contributed by atoms with Gasteiger partial charge in [-0.05, 0) is 43.7 Å². The summed E-state index contributed by atoms with van der Waals surface area (Å²) in [6.45, 7) is 0.628. The summed E-state index contributed by atoms with van der Waals surface area (Å²) >= 11 is 0. The molecule has 2 heterocycles. The van der Waals surface area contributed by atoms with Gasteiger partial charge in [-0.1, -0.05) is 30.3 Å². The lowest BCUT2D eigenvalue weighted by Gasteiger charge is -2.27. The van der Waals surface area contributed by atoms with Crippen molar-refractivity contribution in [1.82, 2.24) is 15.5 Å². The van der Waals surface area contributed by atoms with Crippen LogP contribution in [0.25, 0.3) is 0 Å². The minimum Gasteiger partial charge on any atom is -0.383 e. The van der Waals surface area contributed by atoms with Crippen LogP contribution < -0.4 is 16.0 Å². The van der Waals surface area contributed by atoms with Gasteiger partial charge in [-0.25, -0.2) is 0 Å². The van der Waals surface area contributed by atoms with Crippen LogP contribution in [0.4, 0.5) is 5.69 Å². The summed E-state index contributed by atoms with van der Waals surface area (Å²) in [4.78, 5) is 50.2. The first-order valence-corrected chi connectivity index (χ1v) is 10.3. The Hall–Kier alpha value is -3.52. The van der Waals surface area contributed by atoms with Crippen LogP contribution in [0, 0.1) is 0 Å². The fraction of sp³-hybridized carbons (Fsp3) is 0.304. The highest BCUT2D eigenvalue weighted by molar-refractivity contribution is 6.23. The zero-order valence-corrected chi connectivity index (χ0v) is 17.2. The van der Waals surface area contributed by atoms with Crippen molar-refractivity contribution in [3.8, 4) is 0 Å². The molecule has 2 aliphatic rings. The number of rotatable bonds is 7. The fourth-order valence-electron chi connectivity index (χ4n) is 4.00. The van der Waals surface area contributed by atoms with E-state index in [1.807, 2.05) is 25.2 Å². The molecule has 0 radical (unpaired) electrons. The van der Waals surface area contributed by atoms with Crippen LogP contribution in [-0.2, 0) is 16.0 Å². The molecule has 0 aromatic heterocycles. The van der Waals surface area contributed by atoms with Crippen molar-refractivity contribution in [1.29, 1.82) is 0 Å². The summed E-state index contributed by atoms with van der Waals surface area (Å²) < 4.78 is 0. The van der Waals surface area contributed by atoms with Gasteiger partial charge in [-0.3, -0.25) is 29.4 Å². The number of nitrogens with one attached hydrogen (secondary N) is 3. The molecular formula is C23H24N4O4. The number of piperidine rings is 1. The van der Waals surface area contributed by atoms with Gasteiger partial charge in [-0.15, -0.1) is 0 Å². The van der Waals surface area contributed by atoms with Crippen molar-refractivity contribution < 1.29 is 19.2 Å². The van der Waals surface area contributed by atoms with Gasteiger partial charge in [0.25, 0.3) is 11.8 Å². The van der Waals surface area contributed by atoms with Gasteiger partial charge in [0, 0.05) is 24.7 Å². The minimum absolute atomic E-state index is 0.101. The number of hydrogen-bond acceptors (Lipinski definition) is 6. The smallest absolute Gasteiger partial charge is 0.262 e. The van der Waals surface area contributed by atoms with Crippen molar-refractivity contribution in [2.75, 3.05) is 18.9 Å². The first-order valence-electron chi connectivity index (χ1n) is 10.3. The molecule has 4 rings (SSSR count). The van der Waals surface area contributed by atoms with E-state index in [1.54, 1.807) is 18.2 Å². The molecule has 2 aromatic carbocycles. The number of anilines is 1. The van der Waals surface area contributed by atoms with Gasteiger partial charge in [0.15, 0.2) is 0 Å². The molecule has 160 valence electrons. The molecule has 8 heteroatoms. The molecule has 4 amide bonds. The summed E-state index contributed by atoms with van der Waals surface area (Å²) in [7, 11) is 1.90. The van der Waals surface area contributed by atoms with Crippen molar-refractivity contribution in [3.63, 3.8) is 0 Å². The third-order valence-electron chi connectivity index (χ3n) is 5.73. The zero-order valence-electron chi connectivity index (χ0n) is 17.2. The Morgan fingerprint density at radius 3 is 2.48 bits per heavy atom. The number of benzene rings is 2. The number of carbonyl (C=O) groups is 4. The molecular weight excluding hydrogens is 396 g/mol. The Kier molecular flexibility index (Phi) is 5.81. The number of nitrogens with zero attached hydrogens (tertiary/aromatic N) is 1. The topological polar surface area (TPSA) is 108 Å². The van der Waals surface area contributed by atoms with Crippen LogP contribution in [-0.4, -0.2) is 54.2 Å². The molecule has 0 aliphatic carbocycles. The summed E-state index contributed by atoms with van der Waals surface area (Å²) in [5.41, 5.74) is 2.48. The maximum Gasteiger partial charge on any atom is 0.262 e. The lowest BCUT2D eigenvalue weighted by molar-refractivity contribution is -0.136. The first-order chi connectivity index (χ1) is 15.0. The molecule has 2 atom stereocenters. The molecule has 8 nitrogen and oxygen atoms in total. The zero-order chi connectivity index (χ0) is 22.0. The lowest BCUT2D eigenvalue weighted by atomic mass is 10.0. The van der Waals surface area contributed by atoms with Crippen LogP contribution in [0.2, 0.25) is 0 Å². The monoisotopic (exact) mass is 420 g/mol. The van der Waals surface area contributed by atoms with Crippen molar-refractivity contribution in [3.05, 3.63) is 65.2 Å². The normalized spacial score (nSPS) is 19.3. The number of imide groups is 2. The second-order valence-corrected chi connectivity index (χ2v) is 7.76. The van der Waals surface area contributed by atoms with E-state index in [0.717, 1.165) is 17.0 Å². The Labute approximate surface area is 180 Å². The fourth-order valence-corrected chi connectivity index (χ4v) is 4.00.